The van der Waals surface area contributed by atoms with Crippen LogP contribution in [-0.2, 0) is 15.6 Å². The van der Waals surface area contributed by atoms with Gasteiger partial charge in [-0.05, 0) is 65.5 Å². The van der Waals surface area contributed by atoms with Gasteiger partial charge in [0.25, 0.3) is 0 Å². The Morgan fingerprint density at radius 1 is 1.03 bits per heavy atom. The van der Waals surface area contributed by atoms with Crippen LogP contribution in [0.15, 0.2) is 41.5 Å². The maximum Gasteiger partial charge on any atom is 0.240 e. The first kappa shape index (κ1) is 27.2. The van der Waals surface area contributed by atoms with E-state index in [0.29, 0.717) is 30.8 Å². The van der Waals surface area contributed by atoms with Crippen LogP contribution in [0.2, 0.25) is 0 Å². The van der Waals surface area contributed by atoms with Crippen LogP contribution in [0.3, 0.4) is 0 Å². The van der Waals surface area contributed by atoms with Gasteiger partial charge in [-0.3, -0.25) is 4.79 Å². The van der Waals surface area contributed by atoms with Crippen LogP contribution in [-0.4, -0.2) is 30.9 Å². The number of ether oxygens (including phenoxy) is 2. The van der Waals surface area contributed by atoms with Crippen molar-refractivity contribution in [2.24, 2.45) is 5.10 Å². The zero-order chi connectivity index (χ0) is 25.4. The molecule has 0 aliphatic carbocycles. The molecule has 2 aromatic rings. The minimum atomic E-state index is -0.188. The number of carbonyl (C=O) groups is 1. The average Bonchev–Trinajstić information content (AvgIpc) is 2.81. The molecule has 0 saturated heterocycles. The molecule has 2 rings (SSSR count). The first-order valence-corrected chi connectivity index (χ1v) is 12.0. The van der Waals surface area contributed by atoms with E-state index in [1.807, 2.05) is 0 Å². The summed E-state index contributed by atoms with van der Waals surface area (Å²) in [5.74, 6) is 1.11. The second-order valence-corrected chi connectivity index (χ2v) is 9.86. The molecule has 0 aliphatic heterocycles. The third kappa shape index (κ3) is 7.24. The molecular weight excluding hydrogens is 428 g/mol. The molecule has 2 N–H and O–H groups in total. The molecule has 0 saturated carbocycles. The van der Waals surface area contributed by atoms with Crippen molar-refractivity contribution >= 4 is 12.1 Å². The Hall–Kier alpha value is -3.02. The van der Waals surface area contributed by atoms with Crippen molar-refractivity contribution in [1.82, 2.24) is 5.43 Å². The molecular formula is C28H40N2O4. The number of phenolic OH excluding ortho intramolecular Hbond substituents is 1. The molecule has 0 atom stereocenters. The number of carbonyl (C=O) groups excluding carboxylic acids is 1. The Morgan fingerprint density at radius 2 is 1.71 bits per heavy atom. The van der Waals surface area contributed by atoms with Gasteiger partial charge in [-0.25, -0.2) is 5.43 Å². The summed E-state index contributed by atoms with van der Waals surface area (Å²) < 4.78 is 11.1. The Bertz CT molecular complexity index is 996. The Balaban J connectivity index is 1.92. The van der Waals surface area contributed by atoms with Crippen molar-refractivity contribution in [2.75, 3.05) is 13.7 Å². The van der Waals surface area contributed by atoms with E-state index in [9.17, 15) is 9.90 Å². The number of methoxy groups -OCH3 is 1. The van der Waals surface area contributed by atoms with E-state index in [0.717, 1.165) is 18.6 Å². The van der Waals surface area contributed by atoms with Crippen LogP contribution < -0.4 is 14.9 Å². The van der Waals surface area contributed by atoms with Gasteiger partial charge in [-0.1, -0.05) is 53.7 Å². The fraction of sp³-hybridized carbons (Fsp3) is 0.500. The third-order valence-electron chi connectivity index (χ3n) is 6.67. The van der Waals surface area contributed by atoms with Gasteiger partial charge in [0.15, 0.2) is 11.5 Å². The number of nitrogens with zero attached hydrogens (tertiary/aromatic N) is 1. The molecule has 0 heterocycles. The summed E-state index contributed by atoms with van der Waals surface area (Å²) in [5, 5.41) is 13.8. The minimum absolute atomic E-state index is 0.00283. The van der Waals surface area contributed by atoms with Gasteiger partial charge in [-0.2, -0.15) is 5.10 Å². The predicted molar refractivity (Wildman–Crippen MR) is 138 cm³/mol. The van der Waals surface area contributed by atoms with Crippen molar-refractivity contribution in [3.63, 3.8) is 0 Å². The van der Waals surface area contributed by atoms with Crippen molar-refractivity contribution in [3.8, 4) is 17.2 Å². The van der Waals surface area contributed by atoms with Crippen LogP contribution >= 0.6 is 0 Å². The monoisotopic (exact) mass is 468 g/mol. The highest BCUT2D eigenvalue weighted by Crippen LogP contribution is 2.38. The lowest BCUT2D eigenvalue weighted by Crippen LogP contribution is -2.21. The molecule has 6 heteroatoms. The van der Waals surface area contributed by atoms with E-state index in [2.05, 4.69) is 70.3 Å². The lowest BCUT2D eigenvalue weighted by molar-refractivity contribution is -0.121. The van der Waals surface area contributed by atoms with E-state index in [-0.39, 0.29) is 22.5 Å². The quantitative estimate of drug-likeness (QED) is 0.225. The molecule has 186 valence electrons. The maximum absolute atomic E-state index is 12.1. The van der Waals surface area contributed by atoms with Crippen molar-refractivity contribution < 1.29 is 19.4 Å². The van der Waals surface area contributed by atoms with Crippen LogP contribution in [0.5, 0.6) is 17.2 Å². The number of rotatable bonds is 12. The summed E-state index contributed by atoms with van der Waals surface area (Å²) >= 11 is 0. The summed E-state index contributed by atoms with van der Waals surface area (Å²) in [7, 11) is 1.49. The first-order valence-electron chi connectivity index (χ1n) is 12.0. The summed E-state index contributed by atoms with van der Waals surface area (Å²) in [6.45, 7) is 13.9. The van der Waals surface area contributed by atoms with Crippen LogP contribution in [0, 0.1) is 0 Å². The maximum atomic E-state index is 12.1. The van der Waals surface area contributed by atoms with Gasteiger partial charge in [0.2, 0.25) is 5.91 Å². The number of hydrazone groups is 1. The Kier molecular flexibility index (Phi) is 9.54. The fourth-order valence-corrected chi connectivity index (χ4v) is 3.44. The topological polar surface area (TPSA) is 80.2 Å². The molecule has 0 fully saturated rings. The first-order chi connectivity index (χ1) is 16.0. The molecule has 6 nitrogen and oxygen atoms in total. The average molecular weight is 469 g/mol. The van der Waals surface area contributed by atoms with Crippen LogP contribution in [0.4, 0.5) is 0 Å². The van der Waals surface area contributed by atoms with Gasteiger partial charge in [-0.15, -0.1) is 0 Å². The lowest BCUT2D eigenvalue weighted by atomic mass is 9.76. The summed E-state index contributed by atoms with van der Waals surface area (Å²) in [6, 6.07) is 11.4. The van der Waals surface area contributed by atoms with Crippen LogP contribution in [0.25, 0.3) is 0 Å². The standard InChI is InChI=1S/C28H40N2O4/c1-8-27(3,4)21-13-15-24(22(18-21)28(5,6)9-2)34-16-10-11-26(32)30-29-19-20-12-14-25(33-7)23(31)17-20/h12-15,17-19,31H,8-11,16H2,1-7H3,(H,30,32)/b29-19+. The minimum Gasteiger partial charge on any atom is -0.504 e. The second kappa shape index (κ2) is 11.9. The van der Waals surface area contributed by atoms with Crippen molar-refractivity contribution in [2.45, 2.75) is 78.1 Å². The molecule has 0 spiro atoms. The molecule has 34 heavy (non-hydrogen) atoms. The number of hydrogen-bond acceptors (Lipinski definition) is 5. The molecule has 0 bridgehead atoms. The molecule has 1 amide bonds. The third-order valence-corrected chi connectivity index (χ3v) is 6.67. The molecule has 0 radical (unpaired) electrons. The summed E-state index contributed by atoms with van der Waals surface area (Å²) in [4.78, 5) is 12.1. The highest BCUT2D eigenvalue weighted by molar-refractivity contribution is 5.83. The Labute approximate surface area is 204 Å². The summed E-state index contributed by atoms with van der Waals surface area (Å²) in [6.07, 6.45) is 4.44. The smallest absolute Gasteiger partial charge is 0.240 e. The molecule has 0 unspecified atom stereocenters. The SMILES string of the molecule is CCC(C)(C)c1ccc(OCCCC(=O)N/N=C/c2ccc(OC)c(O)c2)c(C(C)(C)CC)c1. The van der Waals surface area contributed by atoms with E-state index >= 15 is 0 Å². The van der Waals surface area contributed by atoms with E-state index < -0.39 is 0 Å². The number of phenols is 1. The van der Waals surface area contributed by atoms with Gasteiger partial charge >= 0.3 is 0 Å². The van der Waals surface area contributed by atoms with E-state index in [1.165, 1.54) is 30.5 Å². The van der Waals surface area contributed by atoms with Crippen molar-refractivity contribution in [1.29, 1.82) is 0 Å². The van der Waals surface area contributed by atoms with Gasteiger partial charge in [0, 0.05) is 12.0 Å². The van der Waals surface area contributed by atoms with E-state index in [1.54, 1.807) is 12.1 Å². The summed E-state index contributed by atoms with van der Waals surface area (Å²) in [5.41, 5.74) is 5.81. The van der Waals surface area contributed by atoms with Gasteiger partial charge in [0.05, 0.1) is 19.9 Å². The largest absolute Gasteiger partial charge is 0.504 e. The van der Waals surface area contributed by atoms with Gasteiger partial charge in [0.1, 0.15) is 5.75 Å². The molecule has 2 aromatic carbocycles. The van der Waals surface area contributed by atoms with Gasteiger partial charge < -0.3 is 14.6 Å². The number of amides is 1. The number of nitrogens with one attached hydrogen (secondary N) is 1. The fourth-order valence-electron chi connectivity index (χ4n) is 3.44. The second-order valence-electron chi connectivity index (χ2n) is 9.86. The highest BCUT2D eigenvalue weighted by Gasteiger charge is 2.26. The predicted octanol–water partition coefficient (Wildman–Crippen LogP) is 6.09. The zero-order valence-corrected chi connectivity index (χ0v) is 21.7. The lowest BCUT2D eigenvalue weighted by Gasteiger charge is -2.30. The van der Waals surface area contributed by atoms with E-state index in [4.69, 9.17) is 9.47 Å². The normalized spacial score (nSPS) is 12.1. The van der Waals surface area contributed by atoms with Crippen molar-refractivity contribution in [3.05, 3.63) is 53.1 Å². The zero-order valence-electron chi connectivity index (χ0n) is 21.7. The number of benzene rings is 2. The molecule has 0 aromatic heterocycles. The number of aromatic hydroxyl groups is 1. The van der Waals surface area contributed by atoms with Crippen LogP contribution in [0.1, 0.15) is 83.9 Å². The highest BCUT2D eigenvalue weighted by atomic mass is 16.5. The Morgan fingerprint density at radius 3 is 2.32 bits per heavy atom. The number of hydrogen-bond donors (Lipinski definition) is 2. The molecule has 0 aliphatic rings.